The van der Waals surface area contributed by atoms with Crippen LogP contribution in [0, 0.1) is 0 Å². The van der Waals surface area contributed by atoms with Gasteiger partial charge in [-0.1, -0.05) is 5.16 Å². The Hall–Kier alpha value is -1.59. The fourth-order valence-electron chi connectivity index (χ4n) is 1.48. The summed E-state index contributed by atoms with van der Waals surface area (Å²) in [5, 5.41) is 3.74. The summed E-state index contributed by atoms with van der Waals surface area (Å²) >= 11 is 0. The first-order valence-corrected chi connectivity index (χ1v) is 5.20. The molecule has 2 heterocycles. The molecule has 0 N–H and O–H groups in total. The fraction of sp³-hybridized carbons (Fsp3) is 0.700. The number of nitrogens with zero attached hydrogens (tertiary/aromatic N) is 3. The van der Waals surface area contributed by atoms with Crippen molar-refractivity contribution in [3.8, 4) is 0 Å². The van der Waals surface area contributed by atoms with E-state index in [1.54, 1.807) is 4.90 Å². The minimum atomic E-state index is -0.450. The zero-order valence-corrected chi connectivity index (χ0v) is 9.64. The van der Waals surface area contributed by atoms with Crippen LogP contribution in [0.5, 0.6) is 0 Å². The lowest BCUT2D eigenvalue weighted by molar-refractivity contribution is 0.00734. The van der Waals surface area contributed by atoms with Crippen molar-refractivity contribution in [1.29, 1.82) is 0 Å². The Morgan fingerprint density at radius 2 is 2.25 bits per heavy atom. The molecule has 6 heteroatoms. The first-order chi connectivity index (χ1) is 7.46. The Morgan fingerprint density at radius 3 is 2.75 bits per heavy atom. The first kappa shape index (κ1) is 10.9. The molecule has 1 aromatic heterocycles. The summed E-state index contributed by atoms with van der Waals surface area (Å²) in [7, 11) is 0. The summed E-state index contributed by atoms with van der Waals surface area (Å²) in [6.07, 6.45) is 1.01. The van der Waals surface area contributed by atoms with Crippen LogP contribution in [0.3, 0.4) is 0 Å². The number of hydrogen-bond donors (Lipinski definition) is 0. The molecule has 1 aliphatic heterocycles. The minimum Gasteiger partial charge on any atom is -0.444 e. The van der Waals surface area contributed by atoms with Crippen LogP contribution in [0.25, 0.3) is 0 Å². The summed E-state index contributed by atoms with van der Waals surface area (Å²) in [6.45, 7) is 6.73. The highest BCUT2D eigenvalue weighted by Gasteiger charge is 2.36. The Bertz CT molecular complexity index is 363. The largest absolute Gasteiger partial charge is 0.444 e. The molecule has 0 aromatic carbocycles. The molecule has 1 aromatic rings. The van der Waals surface area contributed by atoms with Crippen LogP contribution in [-0.2, 0) is 4.74 Å². The third-order valence-corrected chi connectivity index (χ3v) is 2.28. The smallest absolute Gasteiger partial charge is 0.410 e. The number of rotatable bonds is 1. The van der Waals surface area contributed by atoms with Crippen LogP contribution in [0.1, 0.15) is 32.5 Å². The summed E-state index contributed by atoms with van der Waals surface area (Å²) in [4.78, 5) is 17.2. The molecule has 88 valence electrons. The van der Waals surface area contributed by atoms with E-state index in [1.165, 1.54) is 6.39 Å². The highest BCUT2D eigenvalue weighted by atomic mass is 16.6. The molecule has 6 nitrogen and oxygen atoms in total. The van der Waals surface area contributed by atoms with E-state index in [-0.39, 0.29) is 12.0 Å². The van der Waals surface area contributed by atoms with Gasteiger partial charge >= 0.3 is 6.09 Å². The number of carbonyl (C=O) groups excluding carboxylic acids is 1. The molecule has 1 fully saturated rings. The lowest BCUT2D eigenvalue weighted by Gasteiger charge is -2.38. The van der Waals surface area contributed by atoms with Crippen LogP contribution < -0.4 is 0 Å². The van der Waals surface area contributed by atoms with Crippen molar-refractivity contribution in [2.24, 2.45) is 0 Å². The third kappa shape index (κ3) is 2.32. The molecule has 2 rings (SSSR count). The Labute approximate surface area is 93.6 Å². The number of ether oxygens (including phenoxy) is 1. The van der Waals surface area contributed by atoms with Crippen molar-refractivity contribution in [2.75, 3.05) is 13.1 Å². The van der Waals surface area contributed by atoms with Gasteiger partial charge in [-0.05, 0) is 20.8 Å². The van der Waals surface area contributed by atoms with Gasteiger partial charge in [0.25, 0.3) is 0 Å². The molecule has 0 radical (unpaired) electrons. The van der Waals surface area contributed by atoms with Gasteiger partial charge in [0, 0.05) is 13.1 Å². The number of hydrogen-bond acceptors (Lipinski definition) is 5. The van der Waals surface area contributed by atoms with Gasteiger partial charge in [-0.3, -0.25) is 0 Å². The molecule has 0 bridgehead atoms. The molecule has 0 spiro atoms. The lowest BCUT2D eigenvalue weighted by Crippen LogP contribution is -2.50. The van der Waals surface area contributed by atoms with E-state index in [9.17, 15) is 4.79 Å². The molecule has 0 unspecified atom stereocenters. The summed E-state index contributed by atoms with van der Waals surface area (Å²) in [5.74, 6) is 0.825. The van der Waals surface area contributed by atoms with E-state index in [1.807, 2.05) is 20.8 Å². The SMILES string of the molecule is CC(C)(C)OC(=O)N1CC(c2ncon2)C1. The van der Waals surface area contributed by atoms with E-state index in [0.29, 0.717) is 18.9 Å². The van der Waals surface area contributed by atoms with E-state index >= 15 is 0 Å². The molecule has 0 atom stereocenters. The maximum absolute atomic E-state index is 11.6. The first-order valence-electron chi connectivity index (χ1n) is 5.20. The maximum Gasteiger partial charge on any atom is 0.410 e. The Balaban J connectivity index is 1.82. The lowest BCUT2D eigenvalue weighted by atomic mass is 10.0. The molecule has 0 aliphatic carbocycles. The van der Waals surface area contributed by atoms with Crippen molar-refractivity contribution >= 4 is 6.09 Å². The van der Waals surface area contributed by atoms with Gasteiger partial charge in [0.2, 0.25) is 6.39 Å². The molecular formula is C10H15N3O3. The molecule has 0 saturated carbocycles. The second-order valence-corrected chi connectivity index (χ2v) is 4.87. The van der Waals surface area contributed by atoms with Crippen LogP contribution in [0.4, 0.5) is 4.79 Å². The van der Waals surface area contributed by atoms with Gasteiger partial charge in [0.15, 0.2) is 5.82 Å². The van der Waals surface area contributed by atoms with Crippen LogP contribution in [-0.4, -0.2) is 39.8 Å². The standard InChI is InChI=1S/C10H15N3O3/c1-10(2,3)16-9(14)13-4-7(5-13)8-11-6-15-12-8/h6-7H,4-5H2,1-3H3. The van der Waals surface area contributed by atoms with Gasteiger partial charge < -0.3 is 14.2 Å². The summed E-state index contributed by atoms with van der Waals surface area (Å²) in [6, 6.07) is 0. The highest BCUT2D eigenvalue weighted by Crippen LogP contribution is 2.25. The van der Waals surface area contributed by atoms with Crippen molar-refractivity contribution in [3.05, 3.63) is 12.2 Å². The summed E-state index contributed by atoms with van der Waals surface area (Å²) in [5.41, 5.74) is -0.450. The molecule has 1 aliphatic rings. The van der Waals surface area contributed by atoms with E-state index in [0.717, 1.165) is 0 Å². The predicted molar refractivity (Wildman–Crippen MR) is 54.8 cm³/mol. The molecule has 16 heavy (non-hydrogen) atoms. The topological polar surface area (TPSA) is 68.5 Å². The maximum atomic E-state index is 11.6. The third-order valence-electron chi connectivity index (χ3n) is 2.28. The minimum absolute atomic E-state index is 0.172. The van der Waals surface area contributed by atoms with Crippen molar-refractivity contribution < 1.29 is 14.1 Å². The van der Waals surface area contributed by atoms with Gasteiger partial charge in [0.05, 0.1) is 5.92 Å². The molecule has 1 saturated heterocycles. The fourth-order valence-corrected chi connectivity index (χ4v) is 1.48. The van der Waals surface area contributed by atoms with Crippen molar-refractivity contribution in [3.63, 3.8) is 0 Å². The second kappa shape index (κ2) is 3.77. The Morgan fingerprint density at radius 1 is 1.56 bits per heavy atom. The number of likely N-dealkylation sites (tertiary alicyclic amines) is 1. The second-order valence-electron chi connectivity index (χ2n) is 4.87. The van der Waals surface area contributed by atoms with Gasteiger partial charge in [-0.25, -0.2) is 4.79 Å². The predicted octanol–water partition coefficient (Wildman–Crippen LogP) is 1.40. The Kier molecular flexibility index (Phi) is 2.57. The average molecular weight is 225 g/mol. The zero-order chi connectivity index (χ0) is 11.8. The zero-order valence-electron chi connectivity index (χ0n) is 9.64. The van der Waals surface area contributed by atoms with Crippen LogP contribution in [0.15, 0.2) is 10.9 Å². The van der Waals surface area contributed by atoms with Gasteiger partial charge in [0.1, 0.15) is 5.60 Å². The van der Waals surface area contributed by atoms with Gasteiger partial charge in [-0.15, -0.1) is 0 Å². The van der Waals surface area contributed by atoms with Gasteiger partial charge in [-0.2, -0.15) is 4.98 Å². The quantitative estimate of drug-likeness (QED) is 0.722. The van der Waals surface area contributed by atoms with E-state index in [2.05, 4.69) is 14.7 Å². The van der Waals surface area contributed by atoms with Crippen LogP contribution in [0.2, 0.25) is 0 Å². The summed E-state index contributed by atoms with van der Waals surface area (Å²) < 4.78 is 9.88. The number of amides is 1. The number of aromatic nitrogens is 2. The molecular weight excluding hydrogens is 210 g/mol. The highest BCUT2D eigenvalue weighted by molar-refractivity contribution is 5.69. The van der Waals surface area contributed by atoms with Crippen LogP contribution >= 0.6 is 0 Å². The molecule has 1 amide bonds. The number of carbonyl (C=O) groups is 1. The van der Waals surface area contributed by atoms with E-state index in [4.69, 9.17) is 4.74 Å². The van der Waals surface area contributed by atoms with Crippen molar-refractivity contribution in [1.82, 2.24) is 15.0 Å². The van der Waals surface area contributed by atoms with E-state index < -0.39 is 5.60 Å². The van der Waals surface area contributed by atoms with Crippen molar-refractivity contribution in [2.45, 2.75) is 32.3 Å². The average Bonchev–Trinajstić information content (AvgIpc) is 2.49. The monoisotopic (exact) mass is 225 g/mol. The normalized spacial score (nSPS) is 17.1.